The summed E-state index contributed by atoms with van der Waals surface area (Å²) in [5.74, 6) is 0. The van der Waals surface area contributed by atoms with Crippen LogP contribution in [0.4, 0.5) is 0 Å². The summed E-state index contributed by atoms with van der Waals surface area (Å²) in [7, 11) is -0.630. The van der Waals surface area contributed by atoms with Crippen LogP contribution in [0, 0.1) is 0 Å². The summed E-state index contributed by atoms with van der Waals surface area (Å²) in [6, 6.07) is 0. The summed E-state index contributed by atoms with van der Waals surface area (Å²) in [5.41, 5.74) is 0. The lowest BCUT2D eigenvalue weighted by Gasteiger charge is -2.37. The van der Waals surface area contributed by atoms with Crippen LogP contribution in [0.2, 0.25) is 0 Å². The predicted octanol–water partition coefficient (Wildman–Crippen LogP) is 10.9. The molecule has 0 aromatic heterocycles. The fourth-order valence-electron chi connectivity index (χ4n) is 4.79. The molecule has 2 heteroatoms. The van der Waals surface area contributed by atoms with Crippen LogP contribution in [0.25, 0.3) is 0 Å². The van der Waals surface area contributed by atoms with Gasteiger partial charge in [0.25, 0.3) is 0 Å². The Morgan fingerprint density at radius 2 is 0.533 bits per heavy atom. The van der Waals surface area contributed by atoms with Gasteiger partial charge in [-0.05, 0) is 50.3 Å². The molecule has 0 spiro atoms. The second kappa shape index (κ2) is 26.1. The lowest BCUT2D eigenvalue weighted by Crippen LogP contribution is -2.13. The van der Waals surface area contributed by atoms with Gasteiger partial charge in [0.1, 0.15) is 0 Å². The van der Waals surface area contributed by atoms with E-state index >= 15 is 0 Å². The van der Waals surface area contributed by atoms with Gasteiger partial charge in [0.05, 0.1) is 0 Å². The van der Waals surface area contributed by atoms with E-state index in [0.717, 1.165) is 0 Å². The molecule has 0 aliphatic rings. The molecular formula is C28H63P2. The standard InChI is InChI=1S/C28H60P.H3P/c1-5-9-13-14-15-16-17-18-19-20-21-22-23-24-28-29(25-10-6-2,26-11-7-3)27-12-8-4;/h5-28H2,1-4H3;1H3. The molecule has 0 heterocycles. The molecule has 0 aliphatic carbocycles. The first-order valence-electron chi connectivity index (χ1n) is 14.1. The maximum atomic E-state index is 2.39. The maximum Gasteiger partial charge on any atom is -0.0359 e. The van der Waals surface area contributed by atoms with Crippen molar-refractivity contribution in [2.75, 3.05) is 24.6 Å². The second-order valence-corrected chi connectivity index (χ2v) is 14.4. The minimum Gasteiger partial charge on any atom is -0.153 e. The van der Waals surface area contributed by atoms with Crippen LogP contribution < -0.4 is 0 Å². The molecule has 0 aliphatic heterocycles. The first-order chi connectivity index (χ1) is 14.2. The van der Waals surface area contributed by atoms with Gasteiger partial charge < -0.3 is 0 Å². The van der Waals surface area contributed by atoms with Gasteiger partial charge in [0.2, 0.25) is 0 Å². The molecule has 0 aromatic rings. The van der Waals surface area contributed by atoms with Crippen LogP contribution in [-0.2, 0) is 0 Å². The molecule has 0 aromatic carbocycles. The van der Waals surface area contributed by atoms with Crippen molar-refractivity contribution >= 4 is 17.2 Å². The van der Waals surface area contributed by atoms with Crippen LogP contribution in [0.15, 0.2) is 0 Å². The van der Waals surface area contributed by atoms with Crippen LogP contribution >= 0.6 is 17.2 Å². The van der Waals surface area contributed by atoms with E-state index in [9.17, 15) is 0 Å². The van der Waals surface area contributed by atoms with E-state index in [2.05, 4.69) is 27.7 Å². The zero-order valence-electron chi connectivity index (χ0n) is 22.1. The number of hydrogen-bond acceptors (Lipinski definition) is 0. The highest BCUT2D eigenvalue weighted by molar-refractivity contribution is 7.75. The van der Waals surface area contributed by atoms with Crippen LogP contribution in [-0.4, -0.2) is 24.6 Å². The molecular weight excluding hydrogens is 398 g/mol. The van der Waals surface area contributed by atoms with E-state index in [1.54, 1.807) is 31.1 Å². The minimum atomic E-state index is -0.630. The summed E-state index contributed by atoms with van der Waals surface area (Å²) < 4.78 is 0. The van der Waals surface area contributed by atoms with Gasteiger partial charge in [-0.15, -0.1) is 7.26 Å². The first kappa shape index (κ1) is 33.0. The van der Waals surface area contributed by atoms with Crippen molar-refractivity contribution in [1.82, 2.24) is 0 Å². The fourth-order valence-corrected chi connectivity index (χ4v) is 9.99. The molecule has 1 atom stereocenters. The average Bonchev–Trinajstić information content (AvgIpc) is 2.74. The number of hydrogen-bond donors (Lipinski definition) is 0. The van der Waals surface area contributed by atoms with Gasteiger partial charge in [-0.2, -0.15) is 9.90 Å². The molecule has 0 rings (SSSR count). The molecule has 0 bridgehead atoms. The van der Waals surface area contributed by atoms with Gasteiger partial charge in [0, 0.05) is 0 Å². The Hall–Kier alpha value is 0.860. The third-order valence-corrected chi connectivity index (χ3v) is 12.0. The van der Waals surface area contributed by atoms with Crippen molar-refractivity contribution in [3.8, 4) is 0 Å². The SMILES string of the molecule is CCCCCCCCCCCCCCCC[P](CCCC)(CCCC)CCCC.P. The van der Waals surface area contributed by atoms with Crippen molar-refractivity contribution < 1.29 is 0 Å². The van der Waals surface area contributed by atoms with Crippen LogP contribution in [0.1, 0.15) is 156 Å². The third kappa shape index (κ3) is 20.7. The van der Waals surface area contributed by atoms with Crippen molar-refractivity contribution in [1.29, 1.82) is 0 Å². The molecule has 1 radical (unpaired) electrons. The zero-order chi connectivity index (χ0) is 21.5. The largest absolute Gasteiger partial charge is 0.153 e. The van der Waals surface area contributed by atoms with E-state index in [1.165, 1.54) is 122 Å². The molecule has 0 saturated heterocycles. The Morgan fingerprint density at radius 1 is 0.300 bits per heavy atom. The molecule has 0 saturated carbocycles. The molecule has 0 nitrogen and oxygen atoms in total. The Labute approximate surface area is 197 Å². The number of unbranched alkanes of at least 4 members (excludes halogenated alkanes) is 16. The van der Waals surface area contributed by atoms with Gasteiger partial charge in [-0.25, -0.2) is 0 Å². The lowest BCUT2D eigenvalue weighted by molar-refractivity contribution is 0.538. The Morgan fingerprint density at radius 3 is 0.833 bits per heavy atom. The molecule has 0 fully saturated rings. The summed E-state index contributed by atoms with van der Waals surface area (Å²) >= 11 is 0. The highest BCUT2D eigenvalue weighted by Gasteiger charge is 2.24. The highest BCUT2D eigenvalue weighted by atomic mass is 31.2. The Bertz CT molecular complexity index is 281. The average molecular weight is 462 g/mol. The van der Waals surface area contributed by atoms with E-state index in [4.69, 9.17) is 0 Å². The van der Waals surface area contributed by atoms with Crippen LogP contribution in [0.3, 0.4) is 0 Å². The van der Waals surface area contributed by atoms with E-state index in [0.29, 0.717) is 0 Å². The highest BCUT2D eigenvalue weighted by Crippen LogP contribution is 2.61. The summed E-state index contributed by atoms with van der Waals surface area (Å²) in [5, 5.41) is 0. The molecule has 30 heavy (non-hydrogen) atoms. The fraction of sp³-hybridized carbons (Fsp3) is 1.00. The molecule has 1 unspecified atom stereocenters. The molecule has 185 valence electrons. The molecule has 0 N–H and O–H groups in total. The summed E-state index contributed by atoms with van der Waals surface area (Å²) in [4.78, 5) is 0. The normalized spacial score (nSPS) is 11.6. The van der Waals surface area contributed by atoms with Gasteiger partial charge in [-0.1, -0.05) is 130 Å². The van der Waals surface area contributed by atoms with E-state index in [1.807, 2.05) is 0 Å². The smallest absolute Gasteiger partial charge is 0.0359 e. The summed E-state index contributed by atoms with van der Waals surface area (Å²) in [6.07, 6.45) is 36.0. The van der Waals surface area contributed by atoms with Crippen molar-refractivity contribution in [2.24, 2.45) is 0 Å². The quantitative estimate of drug-likeness (QED) is 0.0990. The third-order valence-electron chi connectivity index (χ3n) is 6.94. The Balaban J connectivity index is 0. The van der Waals surface area contributed by atoms with Crippen molar-refractivity contribution in [3.63, 3.8) is 0 Å². The maximum absolute atomic E-state index is 2.39. The zero-order valence-corrected chi connectivity index (χ0v) is 24.4. The van der Waals surface area contributed by atoms with Gasteiger partial charge in [-0.3, -0.25) is 0 Å². The van der Waals surface area contributed by atoms with Crippen molar-refractivity contribution in [3.05, 3.63) is 0 Å². The second-order valence-electron chi connectivity index (χ2n) is 9.89. The Kier molecular flexibility index (Phi) is 28.8. The van der Waals surface area contributed by atoms with Crippen molar-refractivity contribution in [2.45, 2.75) is 156 Å². The monoisotopic (exact) mass is 461 g/mol. The van der Waals surface area contributed by atoms with E-state index < -0.39 is 7.26 Å². The summed E-state index contributed by atoms with van der Waals surface area (Å²) in [6.45, 7) is 9.48. The van der Waals surface area contributed by atoms with Crippen LogP contribution in [0.5, 0.6) is 0 Å². The number of rotatable bonds is 24. The van der Waals surface area contributed by atoms with Gasteiger partial charge in [0.15, 0.2) is 0 Å². The first-order valence-corrected chi connectivity index (χ1v) is 16.6. The lowest BCUT2D eigenvalue weighted by atomic mass is 10.0. The van der Waals surface area contributed by atoms with Gasteiger partial charge >= 0.3 is 0 Å². The van der Waals surface area contributed by atoms with E-state index in [-0.39, 0.29) is 9.90 Å². The predicted molar refractivity (Wildman–Crippen MR) is 153 cm³/mol. The topological polar surface area (TPSA) is 0 Å². The minimum absolute atomic E-state index is 0. The molecule has 0 amide bonds.